The number of halogens is 4. The molecule has 0 saturated carbocycles. The van der Waals surface area contributed by atoms with Crippen LogP contribution < -0.4 is 9.62 Å². The Morgan fingerprint density at radius 2 is 1.89 bits per heavy atom. The number of pyridine rings is 2. The summed E-state index contributed by atoms with van der Waals surface area (Å²) in [6.07, 6.45) is -3.68. The first-order valence-electron chi connectivity index (χ1n) is 11.5. The van der Waals surface area contributed by atoms with Crippen molar-refractivity contribution in [2.75, 3.05) is 22.7 Å². The van der Waals surface area contributed by atoms with Crippen molar-refractivity contribution in [2.45, 2.75) is 37.9 Å². The number of nitrogens with one attached hydrogen (secondary N) is 1. The molecule has 1 aromatic carbocycles. The van der Waals surface area contributed by atoms with Gasteiger partial charge in [-0.1, -0.05) is 23.7 Å². The molecule has 1 saturated heterocycles. The van der Waals surface area contributed by atoms with Crippen molar-refractivity contribution in [2.24, 2.45) is 5.41 Å². The molecule has 0 amide bonds. The average Bonchev–Trinajstić information content (AvgIpc) is 2.84. The van der Waals surface area contributed by atoms with E-state index < -0.39 is 38.8 Å². The van der Waals surface area contributed by atoms with Gasteiger partial charge in [0.25, 0.3) is 10.0 Å². The minimum Gasteiger partial charge on any atom is -0.481 e. The zero-order valence-electron chi connectivity index (χ0n) is 20.4. The van der Waals surface area contributed by atoms with Crippen LogP contribution in [0.4, 0.5) is 24.8 Å². The smallest absolute Gasteiger partial charge is 0.418 e. The SMILES string of the molecule is Cc1ccc(Cl)cc1-c1nc(NS(=O)(=O)c2cccc(N3CCC[C@@](C)(C(=O)O)C3)n2)ccc1C(F)(F)F. The first kappa shape index (κ1) is 27.6. The Labute approximate surface area is 222 Å². The van der Waals surface area contributed by atoms with E-state index in [0.29, 0.717) is 24.9 Å². The summed E-state index contributed by atoms with van der Waals surface area (Å²) in [6.45, 7) is 3.86. The highest BCUT2D eigenvalue weighted by molar-refractivity contribution is 7.92. The maximum atomic E-state index is 13.8. The van der Waals surface area contributed by atoms with Gasteiger partial charge in [0.15, 0.2) is 5.03 Å². The third-order valence-corrected chi connectivity index (χ3v) is 7.91. The molecule has 38 heavy (non-hydrogen) atoms. The van der Waals surface area contributed by atoms with Gasteiger partial charge in [-0.25, -0.2) is 9.97 Å². The minimum absolute atomic E-state index is 0.109. The van der Waals surface area contributed by atoms with Crippen molar-refractivity contribution in [1.29, 1.82) is 0 Å². The summed E-state index contributed by atoms with van der Waals surface area (Å²) in [7, 11) is -4.36. The number of piperidine rings is 1. The monoisotopic (exact) mass is 568 g/mol. The van der Waals surface area contributed by atoms with E-state index in [1.165, 1.54) is 24.3 Å². The van der Waals surface area contributed by atoms with Crippen LogP contribution in [0.1, 0.15) is 30.9 Å². The van der Waals surface area contributed by atoms with Gasteiger partial charge in [-0.2, -0.15) is 21.6 Å². The predicted molar refractivity (Wildman–Crippen MR) is 137 cm³/mol. The van der Waals surface area contributed by atoms with E-state index in [1.807, 2.05) is 0 Å². The number of aliphatic carboxylic acids is 1. The van der Waals surface area contributed by atoms with Crippen LogP contribution in [0.3, 0.4) is 0 Å². The normalized spacial score (nSPS) is 18.3. The van der Waals surface area contributed by atoms with Crippen LogP contribution in [0.15, 0.2) is 53.6 Å². The molecule has 1 fully saturated rings. The number of aromatic nitrogens is 2. The van der Waals surface area contributed by atoms with Crippen molar-refractivity contribution < 1.29 is 31.5 Å². The van der Waals surface area contributed by atoms with Gasteiger partial charge in [-0.15, -0.1) is 0 Å². The van der Waals surface area contributed by atoms with Gasteiger partial charge in [-0.05, 0) is 68.7 Å². The third kappa shape index (κ3) is 5.70. The number of carboxylic acids is 1. The second kappa shape index (κ2) is 10.1. The number of aryl methyl sites for hydroxylation is 1. The predicted octanol–water partition coefficient (Wildman–Crippen LogP) is 5.62. The number of carbonyl (C=O) groups is 1. The molecule has 0 aliphatic carbocycles. The number of hydrogen-bond donors (Lipinski definition) is 2. The maximum Gasteiger partial charge on any atom is 0.418 e. The number of benzene rings is 1. The van der Waals surface area contributed by atoms with Crippen LogP contribution in [0.5, 0.6) is 0 Å². The Morgan fingerprint density at radius 3 is 2.58 bits per heavy atom. The number of hydrogen-bond acceptors (Lipinski definition) is 6. The van der Waals surface area contributed by atoms with Gasteiger partial charge in [0, 0.05) is 23.7 Å². The first-order valence-corrected chi connectivity index (χ1v) is 13.4. The molecule has 4 rings (SSSR count). The number of anilines is 2. The standard InChI is InChI=1S/C25H24ClF3N4O4S/c1-15-7-8-16(26)13-17(15)22-18(25(27,28)29)9-10-19(30-22)32-38(36,37)21-6-3-5-20(31-21)33-12-4-11-24(2,14-33)23(34)35/h3,5-10,13H,4,11-12,14H2,1-2H3,(H,30,32)(H,34,35)/t24-/m1/s1. The molecule has 2 N–H and O–H groups in total. The Bertz CT molecular complexity index is 1500. The molecule has 0 spiro atoms. The highest BCUT2D eigenvalue weighted by atomic mass is 35.5. The lowest BCUT2D eigenvalue weighted by Crippen LogP contribution is -2.46. The molecule has 3 heterocycles. The van der Waals surface area contributed by atoms with E-state index in [0.717, 1.165) is 12.1 Å². The van der Waals surface area contributed by atoms with Crippen LogP contribution in [0, 0.1) is 12.3 Å². The third-order valence-electron chi connectivity index (χ3n) is 6.42. The highest BCUT2D eigenvalue weighted by Gasteiger charge is 2.39. The largest absolute Gasteiger partial charge is 0.481 e. The molecule has 202 valence electrons. The summed E-state index contributed by atoms with van der Waals surface area (Å²) in [5.74, 6) is -1.02. The lowest BCUT2D eigenvalue weighted by Gasteiger charge is -2.38. The van der Waals surface area contributed by atoms with Crippen molar-refractivity contribution in [3.63, 3.8) is 0 Å². The van der Waals surface area contributed by atoms with E-state index in [-0.39, 0.29) is 33.8 Å². The van der Waals surface area contributed by atoms with Crippen molar-refractivity contribution >= 4 is 39.2 Å². The molecule has 1 aliphatic heterocycles. The van der Waals surface area contributed by atoms with Crippen LogP contribution in [-0.2, 0) is 21.0 Å². The topological polar surface area (TPSA) is 112 Å². The summed E-state index contributed by atoms with van der Waals surface area (Å²) in [5.41, 5.74) is -1.95. The number of rotatable bonds is 6. The van der Waals surface area contributed by atoms with Crippen LogP contribution >= 0.6 is 11.6 Å². The Balaban J connectivity index is 1.68. The summed E-state index contributed by atoms with van der Waals surface area (Å²) in [4.78, 5) is 21.6. The Kier molecular flexibility index (Phi) is 7.32. The summed E-state index contributed by atoms with van der Waals surface area (Å²) in [6, 6.07) is 10.4. The molecule has 0 bridgehead atoms. The van der Waals surface area contributed by atoms with Gasteiger partial charge in [0.1, 0.15) is 11.6 Å². The second-order valence-corrected chi connectivity index (χ2v) is 11.4. The number of carboxylic acid groups (broad SMARTS) is 1. The van der Waals surface area contributed by atoms with Crippen molar-refractivity contribution in [3.05, 3.63) is 64.7 Å². The van der Waals surface area contributed by atoms with Gasteiger partial charge >= 0.3 is 12.1 Å². The minimum atomic E-state index is -4.75. The Hall–Kier alpha value is -3.38. The number of nitrogens with zero attached hydrogens (tertiary/aromatic N) is 3. The van der Waals surface area contributed by atoms with E-state index >= 15 is 0 Å². The van der Waals surface area contributed by atoms with Gasteiger partial charge in [0.05, 0.1) is 16.7 Å². The molecule has 3 aromatic rings. The quantitative estimate of drug-likeness (QED) is 0.397. The first-order chi connectivity index (χ1) is 17.7. The maximum absolute atomic E-state index is 13.8. The highest BCUT2D eigenvalue weighted by Crippen LogP contribution is 2.39. The van der Waals surface area contributed by atoms with E-state index in [2.05, 4.69) is 14.7 Å². The molecule has 1 atom stereocenters. The molecular weight excluding hydrogens is 545 g/mol. The van der Waals surface area contributed by atoms with Gasteiger partial charge < -0.3 is 10.0 Å². The fraction of sp³-hybridized carbons (Fsp3) is 0.320. The molecular formula is C25H24ClF3N4O4S. The molecule has 1 aliphatic rings. The van der Waals surface area contributed by atoms with E-state index in [1.54, 1.807) is 30.9 Å². The number of alkyl halides is 3. The average molecular weight is 569 g/mol. The van der Waals surface area contributed by atoms with E-state index in [4.69, 9.17) is 11.6 Å². The fourth-order valence-electron chi connectivity index (χ4n) is 4.33. The van der Waals surface area contributed by atoms with Crippen LogP contribution in [0.2, 0.25) is 5.02 Å². The molecule has 13 heteroatoms. The molecule has 8 nitrogen and oxygen atoms in total. The van der Waals surface area contributed by atoms with E-state index in [9.17, 15) is 31.5 Å². The lowest BCUT2D eigenvalue weighted by atomic mass is 9.82. The van der Waals surface area contributed by atoms with Crippen molar-refractivity contribution in [1.82, 2.24) is 9.97 Å². The zero-order chi connectivity index (χ0) is 27.9. The summed E-state index contributed by atoms with van der Waals surface area (Å²) < 4.78 is 69.8. The zero-order valence-corrected chi connectivity index (χ0v) is 22.0. The van der Waals surface area contributed by atoms with Gasteiger partial charge in [-0.3, -0.25) is 9.52 Å². The lowest BCUT2D eigenvalue weighted by molar-refractivity contribution is -0.148. The molecule has 0 radical (unpaired) electrons. The second-order valence-electron chi connectivity index (χ2n) is 9.38. The molecule has 0 unspecified atom stereocenters. The molecule has 2 aromatic heterocycles. The van der Waals surface area contributed by atoms with Crippen LogP contribution in [0.25, 0.3) is 11.3 Å². The Morgan fingerprint density at radius 1 is 1.16 bits per heavy atom. The van der Waals surface area contributed by atoms with Gasteiger partial charge in [0.2, 0.25) is 0 Å². The number of sulfonamides is 1. The van der Waals surface area contributed by atoms with Crippen molar-refractivity contribution in [3.8, 4) is 11.3 Å². The fourth-order valence-corrected chi connectivity index (χ4v) is 5.47. The van der Waals surface area contributed by atoms with Crippen LogP contribution in [-0.4, -0.2) is 42.6 Å². The summed E-state index contributed by atoms with van der Waals surface area (Å²) in [5, 5.41) is 9.39. The summed E-state index contributed by atoms with van der Waals surface area (Å²) >= 11 is 6.01.